The quantitative estimate of drug-likeness (QED) is 0.515. The van der Waals surface area contributed by atoms with E-state index in [4.69, 9.17) is 14.2 Å². The topological polar surface area (TPSA) is 39.7 Å². The minimum atomic E-state index is 0.496. The average molecular weight is 418 g/mol. The van der Waals surface area contributed by atoms with Crippen LogP contribution in [0.1, 0.15) is 34.6 Å². The first kappa shape index (κ1) is 21.1. The van der Waals surface area contributed by atoms with Crippen molar-refractivity contribution in [2.75, 3.05) is 33.2 Å². The number of fused-ring (bicyclic) bond motifs is 1. The Labute approximate surface area is 185 Å². The van der Waals surface area contributed by atoms with Crippen LogP contribution in [0.5, 0.6) is 17.2 Å². The number of rotatable bonds is 8. The highest BCUT2D eigenvalue weighted by atomic mass is 16.5. The molecular formula is C27H31NO3. The smallest absolute Gasteiger partial charge is 0.120 e. The second-order valence-electron chi connectivity index (χ2n) is 8.05. The molecular weight excluding hydrogens is 386 g/mol. The molecule has 4 heteroatoms. The Morgan fingerprint density at radius 1 is 0.774 bits per heavy atom. The predicted octanol–water partition coefficient (Wildman–Crippen LogP) is 5.64. The van der Waals surface area contributed by atoms with E-state index in [1.807, 2.05) is 12.1 Å². The summed E-state index contributed by atoms with van der Waals surface area (Å²) in [5, 5.41) is 3.67. The monoisotopic (exact) mass is 417 g/mol. The lowest BCUT2D eigenvalue weighted by molar-refractivity contribution is 0.413. The Morgan fingerprint density at radius 3 is 2.19 bits per heavy atom. The number of nitrogens with one attached hydrogen (secondary N) is 1. The summed E-state index contributed by atoms with van der Waals surface area (Å²) in [6, 6.07) is 21.2. The lowest BCUT2D eigenvalue weighted by atomic mass is 9.79. The van der Waals surface area contributed by atoms with Crippen molar-refractivity contribution in [2.45, 2.75) is 31.6 Å². The summed E-state index contributed by atoms with van der Waals surface area (Å²) in [4.78, 5) is 0. The molecule has 0 amide bonds. The van der Waals surface area contributed by atoms with Gasteiger partial charge in [-0.2, -0.15) is 0 Å². The van der Waals surface area contributed by atoms with Crippen LogP contribution in [0.25, 0.3) is 0 Å². The zero-order valence-corrected chi connectivity index (χ0v) is 18.6. The molecule has 0 fully saturated rings. The van der Waals surface area contributed by atoms with E-state index in [0.29, 0.717) is 5.92 Å². The van der Waals surface area contributed by atoms with Crippen molar-refractivity contribution in [3.8, 4) is 17.2 Å². The van der Waals surface area contributed by atoms with Gasteiger partial charge in [0.2, 0.25) is 0 Å². The molecule has 1 unspecified atom stereocenters. The SMILES string of the molecule is COc1ccc(CCNc2cc(OC)ccc2C2CCc3cc(OC)ccc3C2)cc1. The zero-order valence-electron chi connectivity index (χ0n) is 18.6. The fourth-order valence-electron chi connectivity index (χ4n) is 4.43. The zero-order chi connectivity index (χ0) is 21.6. The lowest BCUT2D eigenvalue weighted by Crippen LogP contribution is -2.15. The fraction of sp³-hybridized carbons (Fsp3) is 0.333. The molecule has 0 radical (unpaired) electrons. The van der Waals surface area contributed by atoms with Crippen LogP contribution in [0.2, 0.25) is 0 Å². The third-order valence-electron chi connectivity index (χ3n) is 6.23. The van der Waals surface area contributed by atoms with Crippen LogP contribution in [0.15, 0.2) is 60.7 Å². The van der Waals surface area contributed by atoms with Gasteiger partial charge in [-0.15, -0.1) is 0 Å². The van der Waals surface area contributed by atoms with E-state index in [1.54, 1.807) is 21.3 Å². The number of aryl methyl sites for hydroxylation is 1. The van der Waals surface area contributed by atoms with E-state index in [9.17, 15) is 0 Å². The minimum absolute atomic E-state index is 0.496. The minimum Gasteiger partial charge on any atom is -0.497 e. The molecule has 0 heterocycles. The molecule has 1 aliphatic rings. The summed E-state index contributed by atoms with van der Waals surface area (Å²) in [6.45, 7) is 0.868. The molecule has 162 valence electrons. The van der Waals surface area contributed by atoms with E-state index >= 15 is 0 Å². The molecule has 4 rings (SSSR count). The Balaban J connectivity index is 1.48. The first-order valence-electron chi connectivity index (χ1n) is 10.9. The van der Waals surface area contributed by atoms with Crippen LogP contribution in [-0.2, 0) is 19.3 Å². The second-order valence-corrected chi connectivity index (χ2v) is 8.05. The van der Waals surface area contributed by atoms with Gasteiger partial charge in [-0.25, -0.2) is 0 Å². The maximum Gasteiger partial charge on any atom is 0.120 e. The summed E-state index contributed by atoms with van der Waals surface area (Å²) in [5.74, 6) is 3.22. The molecule has 0 saturated heterocycles. The van der Waals surface area contributed by atoms with Crippen molar-refractivity contribution in [3.05, 3.63) is 82.9 Å². The van der Waals surface area contributed by atoms with E-state index in [1.165, 1.54) is 27.9 Å². The molecule has 3 aromatic carbocycles. The first-order valence-corrected chi connectivity index (χ1v) is 10.9. The van der Waals surface area contributed by atoms with Gasteiger partial charge in [0, 0.05) is 18.3 Å². The average Bonchev–Trinajstić information content (AvgIpc) is 2.83. The summed E-state index contributed by atoms with van der Waals surface area (Å²) in [6.07, 6.45) is 4.22. The third-order valence-corrected chi connectivity index (χ3v) is 6.23. The number of methoxy groups -OCH3 is 3. The molecule has 0 aromatic heterocycles. The van der Waals surface area contributed by atoms with Crippen LogP contribution in [0.3, 0.4) is 0 Å². The maximum absolute atomic E-state index is 5.50. The van der Waals surface area contributed by atoms with Crippen LogP contribution in [-0.4, -0.2) is 27.9 Å². The van der Waals surface area contributed by atoms with Crippen LogP contribution in [0, 0.1) is 0 Å². The number of benzene rings is 3. The Kier molecular flexibility index (Phi) is 6.66. The number of ether oxygens (including phenoxy) is 3. The maximum atomic E-state index is 5.50. The molecule has 3 aromatic rings. The largest absolute Gasteiger partial charge is 0.497 e. The predicted molar refractivity (Wildman–Crippen MR) is 126 cm³/mol. The van der Waals surface area contributed by atoms with Gasteiger partial charge in [-0.1, -0.05) is 24.3 Å². The van der Waals surface area contributed by atoms with Gasteiger partial charge in [-0.05, 0) is 84.2 Å². The summed E-state index contributed by atoms with van der Waals surface area (Å²) in [7, 11) is 5.15. The summed E-state index contributed by atoms with van der Waals surface area (Å²) >= 11 is 0. The summed E-state index contributed by atoms with van der Waals surface area (Å²) < 4.78 is 16.2. The number of hydrogen-bond donors (Lipinski definition) is 1. The molecule has 0 spiro atoms. The molecule has 0 saturated carbocycles. The van der Waals surface area contributed by atoms with E-state index in [-0.39, 0.29) is 0 Å². The Bertz CT molecular complexity index is 1010. The van der Waals surface area contributed by atoms with Gasteiger partial charge in [0.1, 0.15) is 17.2 Å². The standard InChI is InChI=1S/C27H31NO3/c1-29-23-9-4-19(5-10-23)14-15-28-27-18-25(31-3)12-13-26(27)22-7-6-21-17-24(30-2)11-8-20(21)16-22/h4-5,8-13,17-18,22,28H,6-7,14-16H2,1-3H3. The van der Waals surface area contributed by atoms with Crippen molar-refractivity contribution in [3.63, 3.8) is 0 Å². The van der Waals surface area contributed by atoms with Gasteiger partial charge >= 0.3 is 0 Å². The first-order chi connectivity index (χ1) is 15.2. The second kappa shape index (κ2) is 9.78. The van der Waals surface area contributed by atoms with Crippen LogP contribution < -0.4 is 19.5 Å². The van der Waals surface area contributed by atoms with Gasteiger partial charge in [0.15, 0.2) is 0 Å². The van der Waals surface area contributed by atoms with E-state index < -0.39 is 0 Å². The van der Waals surface area contributed by atoms with Gasteiger partial charge in [-0.3, -0.25) is 0 Å². The van der Waals surface area contributed by atoms with Gasteiger partial charge in [0.05, 0.1) is 21.3 Å². The Hall–Kier alpha value is -3.14. The normalized spacial score (nSPS) is 15.1. The molecule has 0 bridgehead atoms. The van der Waals surface area contributed by atoms with E-state index in [2.05, 4.69) is 53.8 Å². The molecule has 1 N–H and O–H groups in total. The van der Waals surface area contributed by atoms with Crippen molar-refractivity contribution < 1.29 is 14.2 Å². The number of anilines is 1. The highest BCUT2D eigenvalue weighted by Crippen LogP contribution is 2.38. The molecule has 1 aliphatic carbocycles. The van der Waals surface area contributed by atoms with Gasteiger partial charge in [0.25, 0.3) is 0 Å². The molecule has 0 aliphatic heterocycles. The Morgan fingerprint density at radius 2 is 1.45 bits per heavy atom. The van der Waals surface area contributed by atoms with Crippen LogP contribution in [0.4, 0.5) is 5.69 Å². The highest BCUT2D eigenvalue weighted by molar-refractivity contribution is 5.58. The molecule has 1 atom stereocenters. The summed E-state index contributed by atoms with van der Waals surface area (Å²) in [5.41, 5.74) is 6.68. The van der Waals surface area contributed by atoms with Crippen LogP contribution >= 0.6 is 0 Å². The number of hydrogen-bond acceptors (Lipinski definition) is 4. The fourth-order valence-corrected chi connectivity index (χ4v) is 4.43. The highest BCUT2D eigenvalue weighted by Gasteiger charge is 2.23. The third kappa shape index (κ3) is 4.96. The van der Waals surface area contributed by atoms with Crippen molar-refractivity contribution >= 4 is 5.69 Å². The van der Waals surface area contributed by atoms with E-state index in [0.717, 1.165) is 49.5 Å². The molecule has 31 heavy (non-hydrogen) atoms. The van der Waals surface area contributed by atoms with Crippen molar-refractivity contribution in [1.29, 1.82) is 0 Å². The van der Waals surface area contributed by atoms with Gasteiger partial charge < -0.3 is 19.5 Å². The van der Waals surface area contributed by atoms with Crippen molar-refractivity contribution in [1.82, 2.24) is 0 Å². The van der Waals surface area contributed by atoms with Crippen molar-refractivity contribution in [2.24, 2.45) is 0 Å². The lowest BCUT2D eigenvalue weighted by Gasteiger charge is -2.27. The molecule has 4 nitrogen and oxygen atoms in total.